The minimum Gasteiger partial charge on any atom is -0.476 e. The fraction of sp³-hybridized carbons (Fsp3) is 0.0833. The Bertz CT molecular complexity index is 1540. The van der Waals surface area contributed by atoms with Crippen LogP contribution in [0.25, 0.3) is 33.3 Å². The van der Waals surface area contributed by atoms with E-state index in [0.29, 0.717) is 23.4 Å². The standard InChI is InChI=1S/C24H14F4N4O3S/c25-16-7-5-14(6-8-16)17-11-19(36-20(17)24(26,27)28)22-29-21(31-35-22)15-3-1-13(2-4-15)12-32-10-9-18(30-32)23(33)34/h1-11H,12H2,(H,33,34). The van der Waals surface area contributed by atoms with Crippen LogP contribution in [0.4, 0.5) is 17.6 Å². The molecular weight excluding hydrogens is 500 g/mol. The number of thiophene rings is 1. The lowest BCUT2D eigenvalue weighted by molar-refractivity contribution is -0.133. The Morgan fingerprint density at radius 3 is 2.36 bits per heavy atom. The number of rotatable bonds is 6. The van der Waals surface area contributed by atoms with Crippen molar-refractivity contribution in [1.29, 1.82) is 0 Å². The SMILES string of the molecule is O=C(O)c1ccn(Cc2ccc(-c3noc(-c4cc(-c5ccc(F)cc5)c(C(F)(F)F)s4)n3)cc2)n1. The van der Waals surface area contributed by atoms with Gasteiger partial charge in [0.05, 0.1) is 11.4 Å². The zero-order valence-corrected chi connectivity index (χ0v) is 18.8. The molecule has 7 nitrogen and oxygen atoms in total. The van der Waals surface area contributed by atoms with E-state index < -0.39 is 22.8 Å². The van der Waals surface area contributed by atoms with Gasteiger partial charge >= 0.3 is 12.1 Å². The van der Waals surface area contributed by atoms with Gasteiger partial charge in [0, 0.05) is 17.3 Å². The maximum Gasteiger partial charge on any atom is 0.426 e. The molecule has 0 radical (unpaired) electrons. The topological polar surface area (TPSA) is 94.0 Å². The van der Waals surface area contributed by atoms with Gasteiger partial charge in [-0.3, -0.25) is 4.68 Å². The lowest BCUT2D eigenvalue weighted by Crippen LogP contribution is -2.03. The van der Waals surface area contributed by atoms with Gasteiger partial charge in [0.25, 0.3) is 5.89 Å². The molecule has 5 rings (SSSR count). The van der Waals surface area contributed by atoms with Gasteiger partial charge in [-0.05, 0) is 35.4 Å². The maximum absolute atomic E-state index is 13.7. The van der Waals surface area contributed by atoms with Crippen LogP contribution in [0.15, 0.2) is 71.4 Å². The van der Waals surface area contributed by atoms with Gasteiger partial charge in [0.2, 0.25) is 5.82 Å². The van der Waals surface area contributed by atoms with Crippen molar-refractivity contribution in [3.05, 3.63) is 88.8 Å². The fourth-order valence-electron chi connectivity index (χ4n) is 3.50. The number of carboxylic acids is 1. The zero-order valence-electron chi connectivity index (χ0n) is 18.0. The fourth-order valence-corrected chi connectivity index (χ4v) is 4.47. The summed E-state index contributed by atoms with van der Waals surface area (Å²) in [6.45, 7) is 0.340. The molecule has 0 unspecified atom stereocenters. The highest BCUT2D eigenvalue weighted by Crippen LogP contribution is 2.45. The van der Waals surface area contributed by atoms with Crippen LogP contribution in [0, 0.1) is 5.82 Å². The first-order valence-electron chi connectivity index (χ1n) is 10.3. The van der Waals surface area contributed by atoms with E-state index in [1.54, 1.807) is 30.5 Å². The summed E-state index contributed by atoms with van der Waals surface area (Å²) in [5.74, 6) is -1.55. The third kappa shape index (κ3) is 4.75. The number of alkyl halides is 3. The van der Waals surface area contributed by atoms with Crippen LogP contribution in [0.1, 0.15) is 20.9 Å². The van der Waals surface area contributed by atoms with E-state index in [4.69, 9.17) is 9.63 Å². The number of halogens is 4. The highest BCUT2D eigenvalue weighted by atomic mass is 32.1. The molecule has 3 heterocycles. The van der Waals surface area contributed by atoms with Crippen LogP contribution >= 0.6 is 11.3 Å². The molecule has 182 valence electrons. The number of benzene rings is 2. The molecule has 36 heavy (non-hydrogen) atoms. The number of carboxylic acid groups (broad SMARTS) is 1. The summed E-state index contributed by atoms with van der Waals surface area (Å²) in [6.07, 6.45) is -3.07. The average molecular weight is 514 g/mol. The predicted octanol–water partition coefficient (Wildman–Crippen LogP) is 6.23. The summed E-state index contributed by atoms with van der Waals surface area (Å²) >= 11 is 0.468. The normalized spacial score (nSPS) is 11.7. The van der Waals surface area contributed by atoms with Crippen molar-refractivity contribution in [3.8, 4) is 33.3 Å². The molecule has 2 aromatic carbocycles. The molecule has 0 atom stereocenters. The van der Waals surface area contributed by atoms with Gasteiger partial charge in [-0.15, -0.1) is 11.3 Å². The summed E-state index contributed by atoms with van der Waals surface area (Å²) in [6, 6.07) is 14.4. The van der Waals surface area contributed by atoms with Crippen LogP contribution in [-0.2, 0) is 12.7 Å². The molecule has 0 spiro atoms. The monoisotopic (exact) mass is 514 g/mol. The molecule has 0 saturated heterocycles. The summed E-state index contributed by atoms with van der Waals surface area (Å²) in [5, 5.41) is 16.8. The minimum atomic E-state index is -4.62. The molecule has 0 bridgehead atoms. The third-order valence-corrected chi connectivity index (χ3v) is 6.37. The summed E-state index contributed by atoms with van der Waals surface area (Å²) in [4.78, 5) is 14.5. The number of hydrogen-bond acceptors (Lipinski definition) is 6. The van der Waals surface area contributed by atoms with E-state index in [1.807, 2.05) is 0 Å². The zero-order chi connectivity index (χ0) is 25.4. The van der Waals surface area contributed by atoms with Crippen molar-refractivity contribution >= 4 is 17.3 Å². The van der Waals surface area contributed by atoms with E-state index in [-0.39, 0.29) is 33.4 Å². The maximum atomic E-state index is 13.7. The van der Waals surface area contributed by atoms with E-state index in [0.717, 1.165) is 17.7 Å². The molecule has 0 saturated carbocycles. The first-order chi connectivity index (χ1) is 17.2. The van der Waals surface area contributed by atoms with E-state index in [2.05, 4.69) is 15.2 Å². The van der Waals surface area contributed by atoms with Gasteiger partial charge in [0.1, 0.15) is 10.7 Å². The molecule has 0 fully saturated rings. The Morgan fingerprint density at radius 2 is 1.72 bits per heavy atom. The lowest BCUT2D eigenvalue weighted by Gasteiger charge is -2.07. The first-order valence-corrected chi connectivity index (χ1v) is 11.2. The molecule has 0 aliphatic rings. The van der Waals surface area contributed by atoms with Crippen LogP contribution in [0.5, 0.6) is 0 Å². The van der Waals surface area contributed by atoms with Crippen LogP contribution in [-0.4, -0.2) is 31.0 Å². The first kappa shape index (κ1) is 23.4. The minimum absolute atomic E-state index is 0.0595. The van der Waals surface area contributed by atoms with Gasteiger partial charge in [-0.25, -0.2) is 9.18 Å². The highest BCUT2D eigenvalue weighted by Gasteiger charge is 2.37. The molecule has 3 aromatic heterocycles. The number of aromatic nitrogens is 4. The largest absolute Gasteiger partial charge is 0.476 e. The predicted molar refractivity (Wildman–Crippen MR) is 122 cm³/mol. The Hall–Kier alpha value is -4.32. The second-order valence-corrected chi connectivity index (χ2v) is 8.73. The summed E-state index contributed by atoms with van der Waals surface area (Å²) in [7, 11) is 0. The Labute approximate surface area is 204 Å². The van der Waals surface area contributed by atoms with Crippen molar-refractivity contribution in [1.82, 2.24) is 19.9 Å². The highest BCUT2D eigenvalue weighted by molar-refractivity contribution is 7.16. The smallest absolute Gasteiger partial charge is 0.426 e. The molecule has 0 aliphatic carbocycles. The van der Waals surface area contributed by atoms with Gasteiger partial charge in [-0.2, -0.15) is 23.3 Å². The van der Waals surface area contributed by atoms with Gasteiger partial charge in [0.15, 0.2) is 5.69 Å². The van der Waals surface area contributed by atoms with Crippen molar-refractivity contribution in [2.75, 3.05) is 0 Å². The molecule has 0 amide bonds. The van der Waals surface area contributed by atoms with Gasteiger partial charge < -0.3 is 9.63 Å². The number of hydrogen-bond donors (Lipinski definition) is 1. The Kier molecular flexibility index (Phi) is 5.88. The molecule has 1 N–H and O–H groups in total. The van der Waals surface area contributed by atoms with Crippen LogP contribution < -0.4 is 0 Å². The number of nitrogens with zero attached hydrogens (tertiary/aromatic N) is 4. The second-order valence-electron chi connectivity index (χ2n) is 7.68. The Morgan fingerprint density at radius 1 is 1.03 bits per heavy atom. The number of carbonyl (C=O) groups is 1. The molecule has 0 aliphatic heterocycles. The quantitative estimate of drug-likeness (QED) is 0.270. The summed E-state index contributed by atoms with van der Waals surface area (Å²) < 4.78 is 61.0. The molecular formula is C24H14F4N4O3S. The summed E-state index contributed by atoms with van der Waals surface area (Å²) in [5.41, 5.74) is 1.47. The van der Waals surface area contributed by atoms with E-state index in [9.17, 15) is 22.4 Å². The average Bonchev–Trinajstić information content (AvgIpc) is 3.59. The van der Waals surface area contributed by atoms with Crippen molar-refractivity contribution in [3.63, 3.8) is 0 Å². The van der Waals surface area contributed by atoms with E-state index >= 15 is 0 Å². The van der Waals surface area contributed by atoms with Crippen LogP contribution in [0.2, 0.25) is 0 Å². The van der Waals surface area contributed by atoms with E-state index in [1.165, 1.54) is 28.9 Å². The second kappa shape index (κ2) is 9.04. The van der Waals surface area contributed by atoms with Crippen molar-refractivity contribution in [2.24, 2.45) is 0 Å². The van der Waals surface area contributed by atoms with Crippen LogP contribution in [0.3, 0.4) is 0 Å². The van der Waals surface area contributed by atoms with Crippen molar-refractivity contribution in [2.45, 2.75) is 12.7 Å². The molecule has 12 heteroatoms. The number of aromatic carboxylic acids is 1. The lowest BCUT2D eigenvalue weighted by atomic mass is 10.1. The van der Waals surface area contributed by atoms with Gasteiger partial charge in [-0.1, -0.05) is 41.6 Å². The Balaban J connectivity index is 1.39. The third-order valence-electron chi connectivity index (χ3n) is 5.20. The van der Waals surface area contributed by atoms with Crippen molar-refractivity contribution < 1.29 is 32.0 Å². The molecule has 5 aromatic rings.